The van der Waals surface area contributed by atoms with Crippen molar-refractivity contribution in [1.82, 2.24) is 0 Å². The highest BCUT2D eigenvalue weighted by atomic mass is 16.3. The minimum absolute atomic E-state index is 0.128. The highest BCUT2D eigenvalue weighted by molar-refractivity contribution is 5.08. The minimum atomic E-state index is -0.129. The summed E-state index contributed by atoms with van der Waals surface area (Å²) in [5, 5.41) is 40.0. The van der Waals surface area contributed by atoms with Crippen molar-refractivity contribution in [3.63, 3.8) is 0 Å². The Morgan fingerprint density at radius 1 is 0.250 bits per heavy atom. The van der Waals surface area contributed by atoms with Crippen LogP contribution in [0, 0.1) is 23.7 Å². The van der Waals surface area contributed by atoms with Gasteiger partial charge in [0.1, 0.15) is 0 Å². The topological polar surface area (TPSA) is 80.9 Å². The molecule has 0 spiro atoms. The van der Waals surface area contributed by atoms with Crippen molar-refractivity contribution in [1.29, 1.82) is 0 Å². The van der Waals surface area contributed by atoms with Gasteiger partial charge in [-0.3, -0.25) is 0 Å². The van der Waals surface area contributed by atoms with Gasteiger partial charge in [0, 0.05) is 0 Å². The first kappa shape index (κ1) is 59.8. The molecule has 4 rings (SSSR count). The second-order valence-electron chi connectivity index (χ2n) is 21.2. The first-order valence-corrected chi connectivity index (χ1v) is 26.3. The quantitative estimate of drug-likeness (QED) is 0.183. The van der Waals surface area contributed by atoms with E-state index in [-0.39, 0.29) is 24.4 Å². The summed E-state index contributed by atoms with van der Waals surface area (Å²) in [7, 11) is 0. The third-order valence-electron chi connectivity index (χ3n) is 14.6. The lowest BCUT2D eigenvalue weighted by Gasteiger charge is -2.19. The maximum atomic E-state index is 10.0. The Morgan fingerprint density at radius 3 is 0.812 bits per heavy atom. The van der Waals surface area contributed by atoms with Crippen LogP contribution < -0.4 is 0 Å². The lowest BCUT2D eigenvalue weighted by atomic mass is 9.91. The van der Waals surface area contributed by atoms with Gasteiger partial charge >= 0.3 is 0 Å². The van der Waals surface area contributed by atoms with E-state index < -0.39 is 0 Å². The molecule has 0 amide bonds. The van der Waals surface area contributed by atoms with E-state index >= 15 is 0 Å². The molecule has 4 nitrogen and oxygen atoms in total. The molecule has 4 aliphatic rings. The van der Waals surface area contributed by atoms with Gasteiger partial charge in [-0.25, -0.2) is 0 Å². The summed E-state index contributed by atoms with van der Waals surface area (Å²) in [6.45, 7) is 26.3. The zero-order valence-corrected chi connectivity index (χ0v) is 44.0. The van der Waals surface area contributed by atoms with Crippen LogP contribution >= 0.6 is 0 Å². The maximum Gasteiger partial charge on any atom is 0.0568 e. The van der Waals surface area contributed by atoms with Gasteiger partial charge in [-0.15, -0.1) is 0 Å². The molecule has 0 bridgehead atoms. The van der Waals surface area contributed by atoms with Crippen LogP contribution in [-0.2, 0) is 0 Å². The highest BCUT2D eigenvalue weighted by Gasteiger charge is 2.17. The average Bonchev–Trinajstić information content (AvgIpc) is 3.25. The van der Waals surface area contributed by atoms with Crippen LogP contribution in [0.25, 0.3) is 0 Å². The molecular weight excluding hydrogens is 785 g/mol. The van der Waals surface area contributed by atoms with Crippen molar-refractivity contribution in [2.45, 2.75) is 262 Å². The van der Waals surface area contributed by atoms with Crippen LogP contribution in [0.1, 0.15) is 237 Å². The van der Waals surface area contributed by atoms with Crippen LogP contribution in [0.3, 0.4) is 0 Å². The molecule has 0 saturated heterocycles. The highest BCUT2D eigenvalue weighted by Crippen LogP contribution is 2.25. The van der Waals surface area contributed by atoms with Crippen molar-refractivity contribution < 1.29 is 20.4 Å². The summed E-state index contributed by atoms with van der Waals surface area (Å²) >= 11 is 0. The molecule has 4 N–H and O–H groups in total. The van der Waals surface area contributed by atoms with Gasteiger partial charge in [0.25, 0.3) is 0 Å². The lowest BCUT2D eigenvalue weighted by molar-refractivity contribution is 0.103. The van der Waals surface area contributed by atoms with Crippen molar-refractivity contribution >= 4 is 0 Å². The molecule has 4 aliphatic carbocycles. The minimum Gasteiger partial charge on any atom is -0.393 e. The third-order valence-corrected chi connectivity index (χ3v) is 14.6. The predicted octanol–water partition coefficient (Wildman–Crippen LogP) is 16.9. The molecule has 0 radical (unpaired) electrons. The van der Waals surface area contributed by atoms with Gasteiger partial charge in [0.15, 0.2) is 0 Å². The van der Waals surface area contributed by atoms with E-state index in [0.717, 1.165) is 116 Å². The van der Waals surface area contributed by atoms with Crippen molar-refractivity contribution in [3.05, 3.63) is 93.2 Å². The fraction of sp³-hybridized carbons (Fsp3) is 0.733. The van der Waals surface area contributed by atoms with Gasteiger partial charge in [0.2, 0.25) is 0 Å². The van der Waals surface area contributed by atoms with Gasteiger partial charge in [-0.1, -0.05) is 121 Å². The zero-order valence-electron chi connectivity index (χ0n) is 44.0. The molecule has 64 heavy (non-hydrogen) atoms. The molecule has 0 fully saturated rings. The van der Waals surface area contributed by atoms with E-state index in [1.807, 2.05) is 0 Å². The van der Waals surface area contributed by atoms with Crippen LogP contribution in [0.4, 0.5) is 0 Å². The SMILES string of the molecule is C/C1=C/CC/C=C(/C)CCC(O)C(C)CC1.C/C1=C/CCC(C)C(O)CC/C(C)=C\CC1.C/C1=C/CCC(C)C(O)CC/C=C(/C)CC1.C/C1=C/CCC(O)C(C)CC/C(C)=C\CC1. The van der Waals surface area contributed by atoms with Crippen LogP contribution in [0.2, 0.25) is 0 Å². The Labute approximate surface area is 397 Å². The second kappa shape index (κ2) is 35.9. The summed E-state index contributed by atoms with van der Waals surface area (Å²) in [5.74, 6) is 1.71. The molecule has 4 heteroatoms. The van der Waals surface area contributed by atoms with E-state index in [9.17, 15) is 20.4 Å². The molecular formula is C60H104O4. The Hall–Kier alpha value is -2.24. The molecule has 0 aliphatic heterocycles. The molecule has 0 saturated carbocycles. The standard InChI is InChI=1S/4C15H26O/c1-12-6-4-8-14(3)15(16)9-5-7-13(2)11-10-12;1-12-6-4-7-13(2)10-11-14(3)15(16)9-5-8-12;1-12-6-4-7-13(2)10-11-15(16)14(3)9-5-8-12;1-12-6-4-5-7-13(2)9-11-15(16)14(3)10-8-12/h6-7,14-16H,4-5,8-11H2,1-3H3;2*7-8,14-16H,4-6,9-11H2,1-3H3;6-7,14-16H,4-5,8-11H2,1-3H3/b12-6-,13-7-;2*12-8-,13-7-;12-6-,13-7-. The number of aliphatic hydroxyl groups is 4. The molecule has 0 aromatic carbocycles. The predicted molar refractivity (Wildman–Crippen MR) is 282 cm³/mol. The first-order valence-electron chi connectivity index (χ1n) is 26.3. The third kappa shape index (κ3) is 30.9. The number of rotatable bonds is 0. The monoisotopic (exact) mass is 889 g/mol. The fourth-order valence-electron chi connectivity index (χ4n) is 8.72. The number of hydrogen-bond donors (Lipinski definition) is 4. The maximum absolute atomic E-state index is 10.0. The summed E-state index contributed by atoms with van der Waals surface area (Å²) in [6, 6.07) is 0. The Balaban J connectivity index is 0.000000427. The van der Waals surface area contributed by atoms with Gasteiger partial charge < -0.3 is 20.4 Å². The lowest BCUT2D eigenvalue weighted by Crippen LogP contribution is -2.17. The largest absolute Gasteiger partial charge is 0.393 e. The van der Waals surface area contributed by atoms with Crippen molar-refractivity contribution in [2.75, 3.05) is 0 Å². The van der Waals surface area contributed by atoms with Crippen molar-refractivity contribution in [2.24, 2.45) is 23.7 Å². The molecule has 0 aromatic rings. The number of hydrogen-bond acceptors (Lipinski definition) is 4. The van der Waals surface area contributed by atoms with Crippen LogP contribution in [0.5, 0.6) is 0 Å². The molecule has 8 unspecified atom stereocenters. The molecule has 8 atom stereocenters. The second-order valence-corrected chi connectivity index (χ2v) is 21.2. The number of allylic oxidation sites excluding steroid dienone is 16. The Morgan fingerprint density at radius 2 is 0.469 bits per heavy atom. The molecule has 0 aromatic heterocycles. The van der Waals surface area contributed by atoms with Crippen LogP contribution in [-0.4, -0.2) is 44.8 Å². The Kier molecular flexibility index (Phi) is 33.5. The van der Waals surface area contributed by atoms with Gasteiger partial charge in [-0.05, 0) is 233 Å². The van der Waals surface area contributed by atoms with E-state index in [0.29, 0.717) is 23.7 Å². The zero-order chi connectivity index (χ0) is 47.9. The summed E-state index contributed by atoms with van der Waals surface area (Å²) in [6.07, 6.45) is 44.3. The first-order chi connectivity index (χ1) is 30.4. The summed E-state index contributed by atoms with van der Waals surface area (Å²) < 4.78 is 0. The van der Waals surface area contributed by atoms with E-state index in [1.165, 1.54) is 83.1 Å². The van der Waals surface area contributed by atoms with E-state index in [1.54, 1.807) is 0 Å². The Bertz CT molecular complexity index is 1390. The molecule has 368 valence electrons. The normalized spacial score (nSPS) is 36.2. The van der Waals surface area contributed by atoms with E-state index in [4.69, 9.17) is 0 Å². The smallest absolute Gasteiger partial charge is 0.0568 e. The van der Waals surface area contributed by atoms with Gasteiger partial charge in [0.05, 0.1) is 24.4 Å². The van der Waals surface area contributed by atoms with Crippen LogP contribution in [0.15, 0.2) is 93.2 Å². The molecule has 0 heterocycles. The number of aliphatic hydroxyl groups excluding tert-OH is 4. The average molecular weight is 889 g/mol. The van der Waals surface area contributed by atoms with Gasteiger partial charge in [-0.2, -0.15) is 0 Å². The summed E-state index contributed by atoms with van der Waals surface area (Å²) in [5.41, 5.74) is 11.7. The fourth-order valence-corrected chi connectivity index (χ4v) is 8.72. The summed E-state index contributed by atoms with van der Waals surface area (Å²) in [4.78, 5) is 0. The van der Waals surface area contributed by atoms with E-state index in [2.05, 4.69) is 132 Å². The van der Waals surface area contributed by atoms with Crippen molar-refractivity contribution in [3.8, 4) is 0 Å².